The molecule has 1 unspecified atom stereocenters. The minimum absolute atomic E-state index is 0.209. The Kier molecular flexibility index (Phi) is 6.90. The number of nitrogens with one attached hydrogen (secondary N) is 1. The third kappa shape index (κ3) is 5.38. The molecule has 3 aromatic carbocycles. The molecule has 0 aliphatic carbocycles. The van der Waals surface area contributed by atoms with Crippen molar-refractivity contribution < 1.29 is 18.0 Å². The predicted molar refractivity (Wildman–Crippen MR) is 122 cm³/mol. The van der Waals surface area contributed by atoms with Gasteiger partial charge in [0.15, 0.2) is 5.78 Å². The molecule has 0 aromatic heterocycles. The molecule has 0 bridgehead atoms. The first-order valence-electron chi connectivity index (χ1n) is 9.36. The van der Waals surface area contributed by atoms with Crippen molar-refractivity contribution >= 4 is 39.0 Å². The van der Waals surface area contributed by atoms with Gasteiger partial charge in [0.05, 0.1) is 11.9 Å². The maximum atomic E-state index is 13.2. The lowest BCUT2D eigenvalue weighted by atomic mass is 10.0. The number of nitrogens with zero attached hydrogens (tertiary/aromatic N) is 1. The molecule has 1 N–H and O–H groups in total. The van der Waals surface area contributed by atoms with Gasteiger partial charge in [0.2, 0.25) is 15.9 Å². The first kappa shape index (κ1) is 22.7. The number of anilines is 1. The predicted octanol–water partition coefficient (Wildman–Crippen LogP) is 4.14. The van der Waals surface area contributed by atoms with E-state index in [0.29, 0.717) is 16.1 Å². The lowest BCUT2D eigenvalue weighted by Crippen LogP contribution is -2.38. The Morgan fingerprint density at radius 3 is 2.10 bits per heavy atom. The molecule has 3 rings (SSSR count). The molecule has 0 heterocycles. The van der Waals surface area contributed by atoms with Crippen LogP contribution in [-0.2, 0) is 14.8 Å². The largest absolute Gasteiger partial charge is 0.324 e. The number of ketones is 1. The summed E-state index contributed by atoms with van der Waals surface area (Å²) in [7, 11) is -2.34. The standard InChI is InChI=1S/C23H21ClN2O4S/c1-26(31(2,29)30)21(16-9-5-3-6-10-16)23(28)25-20-14-13-18(24)15-19(20)22(27)17-11-7-4-8-12-17/h3-15,21H,1-2H3,(H,25,28). The Balaban J connectivity index is 2.00. The number of amides is 1. The quantitative estimate of drug-likeness (QED) is 0.541. The number of rotatable bonds is 7. The fourth-order valence-electron chi connectivity index (χ4n) is 3.11. The zero-order valence-corrected chi connectivity index (χ0v) is 18.5. The van der Waals surface area contributed by atoms with E-state index in [2.05, 4.69) is 5.32 Å². The number of halogens is 1. The van der Waals surface area contributed by atoms with Gasteiger partial charge in [-0.2, -0.15) is 4.31 Å². The normalized spacial score (nSPS) is 12.4. The highest BCUT2D eigenvalue weighted by Gasteiger charge is 2.31. The van der Waals surface area contributed by atoms with Crippen molar-refractivity contribution in [1.29, 1.82) is 0 Å². The summed E-state index contributed by atoms with van der Waals surface area (Å²) in [4.78, 5) is 26.3. The first-order chi connectivity index (χ1) is 14.7. The Morgan fingerprint density at radius 1 is 0.935 bits per heavy atom. The smallest absolute Gasteiger partial charge is 0.247 e. The molecule has 0 saturated heterocycles. The van der Waals surface area contributed by atoms with Crippen molar-refractivity contribution in [3.05, 3.63) is 101 Å². The van der Waals surface area contributed by atoms with Gasteiger partial charge < -0.3 is 5.32 Å². The van der Waals surface area contributed by atoms with Gasteiger partial charge in [0, 0.05) is 23.2 Å². The molecule has 0 fully saturated rings. The summed E-state index contributed by atoms with van der Waals surface area (Å²) < 4.78 is 25.4. The van der Waals surface area contributed by atoms with Gasteiger partial charge in [0.25, 0.3) is 0 Å². The lowest BCUT2D eigenvalue weighted by molar-refractivity contribution is -0.119. The second kappa shape index (κ2) is 9.43. The van der Waals surface area contributed by atoms with E-state index >= 15 is 0 Å². The highest BCUT2D eigenvalue weighted by Crippen LogP contribution is 2.27. The monoisotopic (exact) mass is 456 g/mol. The lowest BCUT2D eigenvalue weighted by Gasteiger charge is -2.26. The van der Waals surface area contributed by atoms with Crippen LogP contribution in [0.1, 0.15) is 27.5 Å². The van der Waals surface area contributed by atoms with E-state index in [9.17, 15) is 18.0 Å². The second-order valence-corrected chi connectivity index (χ2v) is 9.45. The Morgan fingerprint density at radius 2 is 1.52 bits per heavy atom. The molecule has 1 atom stereocenters. The minimum atomic E-state index is -3.68. The van der Waals surface area contributed by atoms with Crippen molar-refractivity contribution in [2.75, 3.05) is 18.6 Å². The molecule has 1 amide bonds. The summed E-state index contributed by atoms with van der Waals surface area (Å²) in [6.45, 7) is 0. The van der Waals surface area contributed by atoms with E-state index in [4.69, 9.17) is 11.6 Å². The minimum Gasteiger partial charge on any atom is -0.324 e. The van der Waals surface area contributed by atoms with Gasteiger partial charge in [-0.15, -0.1) is 0 Å². The number of hydrogen-bond donors (Lipinski definition) is 1. The van der Waals surface area contributed by atoms with Gasteiger partial charge in [0.1, 0.15) is 6.04 Å². The molecule has 0 radical (unpaired) electrons. The number of likely N-dealkylation sites (N-methyl/N-ethyl adjacent to an activating group) is 1. The average Bonchev–Trinajstić information content (AvgIpc) is 2.75. The highest BCUT2D eigenvalue weighted by molar-refractivity contribution is 7.88. The fourth-order valence-corrected chi connectivity index (χ4v) is 3.89. The molecule has 8 heteroatoms. The summed E-state index contributed by atoms with van der Waals surface area (Å²) in [5.74, 6) is -0.908. The molecular formula is C23H21ClN2O4S. The van der Waals surface area contributed by atoms with E-state index in [-0.39, 0.29) is 17.0 Å². The summed E-state index contributed by atoms with van der Waals surface area (Å²) in [5.41, 5.74) is 1.39. The molecule has 0 spiro atoms. The first-order valence-corrected chi connectivity index (χ1v) is 11.6. The van der Waals surface area contributed by atoms with E-state index in [1.165, 1.54) is 19.2 Å². The number of sulfonamides is 1. The zero-order valence-electron chi connectivity index (χ0n) is 16.9. The topological polar surface area (TPSA) is 83.6 Å². The summed E-state index contributed by atoms with van der Waals surface area (Å²) in [6, 6.07) is 20.6. The SMILES string of the molecule is CN(C(C(=O)Nc1ccc(Cl)cc1C(=O)c1ccccc1)c1ccccc1)S(C)(=O)=O. The molecule has 31 heavy (non-hydrogen) atoms. The maximum Gasteiger partial charge on any atom is 0.247 e. The number of carbonyl (C=O) groups is 2. The molecule has 160 valence electrons. The van der Waals surface area contributed by atoms with Gasteiger partial charge >= 0.3 is 0 Å². The number of carbonyl (C=O) groups excluding carboxylic acids is 2. The van der Waals surface area contributed by atoms with E-state index in [1.807, 2.05) is 0 Å². The molecular weight excluding hydrogens is 436 g/mol. The van der Waals surface area contributed by atoms with Crippen molar-refractivity contribution in [2.24, 2.45) is 0 Å². The van der Waals surface area contributed by atoms with Crippen molar-refractivity contribution in [3.8, 4) is 0 Å². The van der Waals surface area contributed by atoms with E-state index < -0.39 is 22.0 Å². The number of hydrogen-bond acceptors (Lipinski definition) is 4. The van der Waals surface area contributed by atoms with E-state index in [1.54, 1.807) is 66.7 Å². The Bertz CT molecular complexity index is 1200. The molecule has 3 aromatic rings. The van der Waals surface area contributed by atoms with Crippen molar-refractivity contribution in [3.63, 3.8) is 0 Å². The molecule has 6 nitrogen and oxygen atoms in total. The maximum absolute atomic E-state index is 13.2. The third-order valence-electron chi connectivity index (χ3n) is 4.77. The zero-order chi connectivity index (χ0) is 22.6. The van der Waals surface area contributed by atoms with Crippen LogP contribution in [0, 0.1) is 0 Å². The summed E-state index contributed by atoms with van der Waals surface area (Å²) >= 11 is 6.10. The van der Waals surface area contributed by atoms with Gasteiger partial charge in [-0.05, 0) is 23.8 Å². The van der Waals surface area contributed by atoms with Crippen LogP contribution in [0.25, 0.3) is 0 Å². The second-order valence-electron chi connectivity index (χ2n) is 6.97. The Labute approximate surface area is 186 Å². The summed E-state index contributed by atoms with van der Waals surface area (Å²) in [5, 5.41) is 3.05. The molecule has 0 saturated carbocycles. The Hall–Kier alpha value is -3.00. The van der Waals surface area contributed by atoms with Crippen molar-refractivity contribution in [2.45, 2.75) is 6.04 Å². The van der Waals surface area contributed by atoms with Crippen LogP contribution in [0.5, 0.6) is 0 Å². The van der Waals surface area contributed by atoms with Crippen LogP contribution in [0.2, 0.25) is 5.02 Å². The van der Waals surface area contributed by atoms with Crippen LogP contribution in [0.4, 0.5) is 5.69 Å². The van der Waals surface area contributed by atoms with Gasteiger partial charge in [-0.3, -0.25) is 9.59 Å². The van der Waals surface area contributed by atoms with Crippen molar-refractivity contribution in [1.82, 2.24) is 4.31 Å². The molecule has 0 aliphatic heterocycles. The third-order valence-corrected chi connectivity index (χ3v) is 6.26. The number of benzene rings is 3. The van der Waals surface area contributed by atoms with E-state index in [0.717, 1.165) is 10.6 Å². The fraction of sp³-hybridized carbons (Fsp3) is 0.130. The van der Waals surface area contributed by atoms with Crippen LogP contribution in [-0.4, -0.2) is 37.7 Å². The summed E-state index contributed by atoms with van der Waals surface area (Å²) in [6.07, 6.45) is 1.03. The van der Waals surface area contributed by atoms with Crippen LogP contribution in [0.3, 0.4) is 0 Å². The van der Waals surface area contributed by atoms with Gasteiger partial charge in [-0.1, -0.05) is 72.3 Å². The average molecular weight is 457 g/mol. The van der Waals surface area contributed by atoms with Crippen LogP contribution >= 0.6 is 11.6 Å². The van der Waals surface area contributed by atoms with Crippen LogP contribution < -0.4 is 5.32 Å². The van der Waals surface area contributed by atoms with Crippen LogP contribution in [0.15, 0.2) is 78.9 Å². The molecule has 0 aliphatic rings. The van der Waals surface area contributed by atoms with Gasteiger partial charge in [-0.25, -0.2) is 8.42 Å². The highest BCUT2D eigenvalue weighted by atomic mass is 35.5.